The van der Waals surface area contributed by atoms with Crippen molar-refractivity contribution in [3.05, 3.63) is 51.1 Å². The van der Waals surface area contributed by atoms with Crippen molar-refractivity contribution in [3.63, 3.8) is 0 Å². The third-order valence-corrected chi connectivity index (χ3v) is 3.91. The number of benzene rings is 2. The van der Waals surface area contributed by atoms with Gasteiger partial charge in [0.2, 0.25) is 0 Å². The van der Waals surface area contributed by atoms with Crippen LogP contribution in [0.25, 0.3) is 0 Å². The maximum Gasteiger partial charge on any atom is 0.265 e. The molecule has 0 bridgehead atoms. The molecule has 0 aliphatic carbocycles. The highest BCUT2D eigenvalue weighted by atomic mass is 127. The molecule has 0 aromatic heterocycles. The predicted octanol–water partition coefficient (Wildman–Crippen LogP) is 4.36. The molecule has 116 valence electrons. The normalized spacial score (nSPS) is 11.6. The highest BCUT2D eigenvalue weighted by molar-refractivity contribution is 14.1. The van der Waals surface area contributed by atoms with Gasteiger partial charge in [-0.1, -0.05) is 11.6 Å². The SMILES string of the molecule is COc1ccc(OC(C)C(=O)Nc2ccc(I)cc2Cl)cc1. The van der Waals surface area contributed by atoms with Crippen LogP contribution in [0.2, 0.25) is 5.02 Å². The summed E-state index contributed by atoms with van der Waals surface area (Å²) < 4.78 is 11.7. The van der Waals surface area contributed by atoms with E-state index in [0.717, 1.165) is 9.32 Å². The Labute approximate surface area is 147 Å². The third kappa shape index (κ3) is 4.51. The van der Waals surface area contributed by atoms with Crippen molar-refractivity contribution in [1.82, 2.24) is 0 Å². The van der Waals surface area contributed by atoms with Gasteiger partial charge in [0.1, 0.15) is 11.5 Å². The van der Waals surface area contributed by atoms with Gasteiger partial charge in [-0.3, -0.25) is 4.79 Å². The van der Waals surface area contributed by atoms with Crippen molar-refractivity contribution in [2.24, 2.45) is 0 Å². The summed E-state index contributed by atoms with van der Waals surface area (Å²) in [5.74, 6) is 1.06. The van der Waals surface area contributed by atoms with Crippen LogP contribution in [0.1, 0.15) is 6.92 Å². The zero-order chi connectivity index (χ0) is 16.1. The Morgan fingerprint density at radius 2 is 1.82 bits per heavy atom. The van der Waals surface area contributed by atoms with E-state index in [2.05, 4.69) is 27.9 Å². The van der Waals surface area contributed by atoms with Crippen molar-refractivity contribution in [3.8, 4) is 11.5 Å². The molecular weight excluding hydrogens is 417 g/mol. The number of amides is 1. The summed E-state index contributed by atoms with van der Waals surface area (Å²) in [6.45, 7) is 1.68. The zero-order valence-corrected chi connectivity index (χ0v) is 15.0. The minimum atomic E-state index is -0.649. The van der Waals surface area contributed by atoms with Gasteiger partial charge in [0.15, 0.2) is 6.10 Å². The Balaban J connectivity index is 1.99. The fourth-order valence-corrected chi connectivity index (χ4v) is 2.64. The van der Waals surface area contributed by atoms with E-state index in [-0.39, 0.29) is 5.91 Å². The number of ether oxygens (including phenoxy) is 2. The Kier molecular flexibility index (Phi) is 5.90. The summed E-state index contributed by atoms with van der Waals surface area (Å²) in [4.78, 5) is 12.2. The van der Waals surface area contributed by atoms with Gasteiger partial charge in [0.05, 0.1) is 17.8 Å². The maximum absolute atomic E-state index is 12.2. The number of rotatable bonds is 5. The lowest BCUT2D eigenvalue weighted by Crippen LogP contribution is -2.30. The van der Waals surface area contributed by atoms with Crippen LogP contribution in [0.15, 0.2) is 42.5 Å². The van der Waals surface area contributed by atoms with Gasteiger partial charge in [0.25, 0.3) is 5.91 Å². The van der Waals surface area contributed by atoms with E-state index in [1.54, 1.807) is 50.4 Å². The molecule has 0 heterocycles. The molecule has 6 heteroatoms. The number of hydrogen-bond acceptors (Lipinski definition) is 3. The van der Waals surface area contributed by atoms with Gasteiger partial charge >= 0.3 is 0 Å². The van der Waals surface area contributed by atoms with E-state index in [1.165, 1.54) is 0 Å². The maximum atomic E-state index is 12.2. The number of carbonyl (C=O) groups excluding carboxylic acids is 1. The molecule has 0 saturated heterocycles. The molecule has 1 amide bonds. The standard InChI is InChI=1S/C16H15ClINO3/c1-10(22-13-6-4-12(21-2)5-7-13)16(20)19-15-8-3-11(18)9-14(15)17/h3-10H,1-2H3,(H,19,20). The van der Waals surface area contributed by atoms with Crippen molar-refractivity contribution >= 4 is 45.8 Å². The molecule has 2 aromatic rings. The predicted molar refractivity (Wildman–Crippen MR) is 95.9 cm³/mol. The smallest absolute Gasteiger partial charge is 0.265 e. The lowest BCUT2D eigenvalue weighted by atomic mass is 10.3. The number of methoxy groups -OCH3 is 1. The summed E-state index contributed by atoms with van der Waals surface area (Å²) in [6, 6.07) is 12.5. The van der Waals surface area contributed by atoms with E-state index in [0.29, 0.717) is 16.5 Å². The summed E-state index contributed by atoms with van der Waals surface area (Å²) in [6.07, 6.45) is -0.649. The molecular formula is C16H15ClINO3. The second-order valence-corrected chi connectivity index (χ2v) is 6.20. The molecule has 0 aliphatic heterocycles. The van der Waals surface area contributed by atoms with Crippen LogP contribution >= 0.6 is 34.2 Å². The second kappa shape index (κ2) is 7.69. The Hall–Kier alpha value is -1.47. The topological polar surface area (TPSA) is 47.6 Å². The van der Waals surface area contributed by atoms with Crippen molar-refractivity contribution in [2.75, 3.05) is 12.4 Å². The van der Waals surface area contributed by atoms with E-state index in [9.17, 15) is 4.79 Å². The van der Waals surface area contributed by atoms with E-state index in [1.807, 2.05) is 6.07 Å². The average Bonchev–Trinajstić information content (AvgIpc) is 2.50. The first kappa shape index (κ1) is 16.9. The largest absolute Gasteiger partial charge is 0.497 e. The number of halogens is 2. The molecule has 0 saturated carbocycles. The van der Waals surface area contributed by atoms with Gasteiger partial charge < -0.3 is 14.8 Å². The van der Waals surface area contributed by atoms with Gasteiger partial charge in [-0.25, -0.2) is 0 Å². The molecule has 22 heavy (non-hydrogen) atoms. The third-order valence-electron chi connectivity index (χ3n) is 2.93. The summed E-state index contributed by atoms with van der Waals surface area (Å²) >= 11 is 8.26. The number of hydrogen-bond donors (Lipinski definition) is 1. The average molecular weight is 432 g/mol. The molecule has 0 fully saturated rings. The highest BCUT2D eigenvalue weighted by Crippen LogP contribution is 2.24. The highest BCUT2D eigenvalue weighted by Gasteiger charge is 2.16. The minimum absolute atomic E-state index is 0.265. The van der Waals surface area contributed by atoms with Crippen LogP contribution in [0.5, 0.6) is 11.5 Å². The van der Waals surface area contributed by atoms with Gasteiger partial charge in [-0.15, -0.1) is 0 Å². The lowest BCUT2D eigenvalue weighted by Gasteiger charge is -2.15. The summed E-state index contributed by atoms with van der Waals surface area (Å²) in [5.41, 5.74) is 0.567. The van der Waals surface area contributed by atoms with Crippen LogP contribution < -0.4 is 14.8 Å². The zero-order valence-electron chi connectivity index (χ0n) is 12.1. The molecule has 1 unspecified atom stereocenters. The minimum Gasteiger partial charge on any atom is -0.497 e. The van der Waals surface area contributed by atoms with Gasteiger partial charge in [0, 0.05) is 3.57 Å². The monoisotopic (exact) mass is 431 g/mol. The quantitative estimate of drug-likeness (QED) is 0.716. The van der Waals surface area contributed by atoms with Gasteiger partial charge in [-0.05, 0) is 72.0 Å². The first-order chi connectivity index (χ1) is 10.5. The van der Waals surface area contributed by atoms with Crippen LogP contribution in [-0.2, 0) is 4.79 Å². The molecule has 1 atom stereocenters. The number of carbonyl (C=O) groups is 1. The molecule has 0 aliphatic rings. The van der Waals surface area contributed by atoms with Crippen molar-refractivity contribution < 1.29 is 14.3 Å². The van der Waals surface area contributed by atoms with Crippen LogP contribution in [0.3, 0.4) is 0 Å². The molecule has 2 aromatic carbocycles. The van der Waals surface area contributed by atoms with Gasteiger partial charge in [-0.2, -0.15) is 0 Å². The number of nitrogens with one attached hydrogen (secondary N) is 1. The Morgan fingerprint density at radius 1 is 1.18 bits per heavy atom. The Morgan fingerprint density at radius 3 is 2.41 bits per heavy atom. The van der Waals surface area contributed by atoms with Crippen molar-refractivity contribution in [1.29, 1.82) is 0 Å². The fourth-order valence-electron chi connectivity index (χ4n) is 1.74. The second-order valence-electron chi connectivity index (χ2n) is 4.55. The fraction of sp³-hybridized carbons (Fsp3) is 0.188. The summed E-state index contributed by atoms with van der Waals surface area (Å²) in [5, 5.41) is 3.25. The lowest BCUT2D eigenvalue weighted by molar-refractivity contribution is -0.122. The molecule has 0 spiro atoms. The first-order valence-electron chi connectivity index (χ1n) is 6.56. The van der Waals surface area contributed by atoms with Crippen LogP contribution in [0, 0.1) is 3.57 Å². The number of anilines is 1. The Bertz CT molecular complexity index is 661. The summed E-state index contributed by atoms with van der Waals surface area (Å²) in [7, 11) is 1.59. The van der Waals surface area contributed by atoms with E-state index >= 15 is 0 Å². The van der Waals surface area contributed by atoms with Crippen LogP contribution in [-0.4, -0.2) is 19.1 Å². The molecule has 1 N–H and O–H groups in total. The van der Waals surface area contributed by atoms with Crippen molar-refractivity contribution in [2.45, 2.75) is 13.0 Å². The van der Waals surface area contributed by atoms with E-state index < -0.39 is 6.10 Å². The van der Waals surface area contributed by atoms with E-state index in [4.69, 9.17) is 21.1 Å². The van der Waals surface area contributed by atoms with Crippen LogP contribution in [0.4, 0.5) is 5.69 Å². The first-order valence-corrected chi connectivity index (χ1v) is 8.02. The molecule has 4 nitrogen and oxygen atoms in total. The molecule has 0 radical (unpaired) electrons. The molecule has 2 rings (SSSR count).